The molecule has 28 heavy (non-hydrogen) atoms. The third kappa shape index (κ3) is 8.69. The molecule has 1 rings (SSSR count). The van der Waals surface area contributed by atoms with Crippen LogP contribution in [-0.2, 0) is 11.2 Å². The Bertz CT molecular complexity index is 565. The molecular weight excluding hydrogens is 352 g/mol. The number of nitrogens with two attached hydrogens (primary N) is 1. The predicted molar refractivity (Wildman–Crippen MR) is 118 cm³/mol. The Kier molecular flexibility index (Phi) is 12.0. The van der Waals surface area contributed by atoms with E-state index in [4.69, 9.17) is 15.9 Å². The van der Waals surface area contributed by atoms with Crippen LogP contribution in [0.4, 0.5) is 5.69 Å². The first-order valence-electron chi connectivity index (χ1n) is 10.4. The van der Waals surface area contributed by atoms with Crippen molar-refractivity contribution in [2.24, 2.45) is 17.6 Å². The largest absolute Gasteiger partial charge is 0.390 e. The van der Waals surface area contributed by atoms with Gasteiger partial charge in [0.1, 0.15) is 0 Å². The maximum atomic E-state index is 10.2. The number of nitrogens with one attached hydrogen (secondary N) is 3. The van der Waals surface area contributed by atoms with Crippen molar-refractivity contribution in [3.05, 3.63) is 29.3 Å². The molecule has 0 aliphatic carbocycles. The number of methoxy groups -OCH3 is 1. The maximum Gasteiger partial charge on any atom is 0.0815 e. The second kappa shape index (κ2) is 13.7. The summed E-state index contributed by atoms with van der Waals surface area (Å²) in [4.78, 5) is 0. The van der Waals surface area contributed by atoms with Crippen LogP contribution in [0.5, 0.6) is 0 Å². The van der Waals surface area contributed by atoms with E-state index < -0.39 is 6.10 Å². The van der Waals surface area contributed by atoms with E-state index >= 15 is 0 Å². The Balaban J connectivity index is 2.77. The zero-order valence-corrected chi connectivity index (χ0v) is 18.0. The van der Waals surface area contributed by atoms with Crippen molar-refractivity contribution in [3.63, 3.8) is 0 Å². The van der Waals surface area contributed by atoms with Crippen LogP contribution in [0.25, 0.3) is 0 Å². The smallest absolute Gasteiger partial charge is 0.0815 e. The quantitative estimate of drug-likeness (QED) is 0.233. The number of hydrogen-bond acceptors (Lipinski definition) is 6. The summed E-state index contributed by atoms with van der Waals surface area (Å²) >= 11 is 0. The van der Waals surface area contributed by atoms with Crippen LogP contribution in [0.15, 0.2) is 18.2 Å². The Morgan fingerprint density at radius 3 is 2.64 bits per heavy atom. The van der Waals surface area contributed by atoms with E-state index in [0.29, 0.717) is 18.4 Å². The van der Waals surface area contributed by atoms with Gasteiger partial charge in [0.2, 0.25) is 0 Å². The third-order valence-electron chi connectivity index (χ3n) is 5.29. The summed E-state index contributed by atoms with van der Waals surface area (Å²) < 4.78 is 5.09. The average molecular weight is 393 g/mol. The van der Waals surface area contributed by atoms with E-state index in [0.717, 1.165) is 50.1 Å². The molecule has 0 fully saturated rings. The molecule has 0 spiro atoms. The normalized spacial score (nSPS) is 14.7. The van der Waals surface area contributed by atoms with Gasteiger partial charge in [0.25, 0.3) is 0 Å². The first-order chi connectivity index (χ1) is 13.4. The Morgan fingerprint density at radius 2 is 2.04 bits per heavy atom. The molecule has 3 atom stereocenters. The van der Waals surface area contributed by atoms with Crippen molar-refractivity contribution in [1.29, 1.82) is 5.41 Å². The van der Waals surface area contributed by atoms with Crippen LogP contribution in [0.3, 0.4) is 0 Å². The second-order valence-electron chi connectivity index (χ2n) is 7.93. The number of likely N-dealkylation sites (N-methyl/N-ethyl adjacent to an activating group) is 1. The molecule has 0 bridgehead atoms. The number of benzene rings is 1. The van der Waals surface area contributed by atoms with Crippen molar-refractivity contribution in [2.75, 3.05) is 39.2 Å². The fourth-order valence-corrected chi connectivity index (χ4v) is 3.36. The van der Waals surface area contributed by atoms with Gasteiger partial charge in [-0.05, 0) is 56.2 Å². The minimum atomic E-state index is -0.532. The molecule has 0 aliphatic rings. The highest BCUT2D eigenvalue weighted by molar-refractivity contribution is 5.86. The molecule has 1 aromatic rings. The molecule has 6 heteroatoms. The molecular formula is C22H40N4O2. The molecule has 0 heterocycles. The summed E-state index contributed by atoms with van der Waals surface area (Å²) in [5.41, 5.74) is 9.38. The van der Waals surface area contributed by atoms with Gasteiger partial charge >= 0.3 is 0 Å². The summed E-state index contributed by atoms with van der Waals surface area (Å²) in [5, 5.41) is 24.3. The Hall–Kier alpha value is -1.47. The minimum absolute atomic E-state index is 0.237. The van der Waals surface area contributed by atoms with Gasteiger partial charge in [-0.25, -0.2) is 0 Å². The SMILES string of the molecule is CNCC(O)C(N)CC(Cc1ccc(C=N)c(NCCCCOC)c1)C(C)C. The summed E-state index contributed by atoms with van der Waals surface area (Å²) in [7, 11) is 3.55. The Labute approximate surface area is 170 Å². The lowest BCUT2D eigenvalue weighted by molar-refractivity contribution is 0.126. The van der Waals surface area contributed by atoms with Crippen molar-refractivity contribution >= 4 is 11.9 Å². The Morgan fingerprint density at radius 1 is 1.29 bits per heavy atom. The van der Waals surface area contributed by atoms with E-state index in [1.54, 1.807) is 7.11 Å². The van der Waals surface area contributed by atoms with Crippen LogP contribution in [0.2, 0.25) is 0 Å². The van der Waals surface area contributed by atoms with Gasteiger partial charge < -0.3 is 31.6 Å². The summed E-state index contributed by atoms with van der Waals surface area (Å²) in [5.74, 6) is 0.864. The molecule has 0 saturated heterocycles. The van der Waals surface area contributed by atoms with Crippen molar-refractivity contribution in [2.45, 2.75) is 51.7 Å². The van der Waals surface area contributed by atoms with Gasteiger partial charge in [-0.15, -0.1) is 0 Å². The standard InChI is InChI=1S/C22H40N4O2/c1-16(2)19(13-20(24)22(27)15-25-3)11-17-7-8-18(14-23)21(12-17)26-9-5-6-10-28-4/h7-8,12,14,16,19-20,22-23,25-27H,5-6,9-11,13,15,24H2,1-4H3. The van der Waals surface area contributed by atoms with Crippen LogP contribution in [0.1, 0.15) is 44.2 Å². The molecule has 160 valence electrons. The summed E-state index contributed by atoms with van der Waals surface area (Å²) in [6.07, 6.45) is 4.61. The molecule has 0 aliphatic heterocycles. The number of aliphatic hydroxyl groups excluding tert-OH is 1. The molecule has 1 aromatic carbocycles. The molecule has 3 unspecified atom stereocenters. The summed E-state index contributed by atoms with van der Waals surface area (Å²) in [6.45, 7) is 6.57. The highest BCUT2D eigenvalue weighted by Crippen LogP contribution is 2.25. The third-order valence-corrected chi connectivity index (χ3v) is 5.29. The van der Waals surface area contributed by atoms with Crippen molar-refractivity contribution < 1.29 is 9.84 Å². The minimum Gasteiger partial charge on any atom is -0.390 e. The number of anilines is 1. The second-order valence-corrected chi connectivity index (χ2v) is 7.93. The van der Waals surface area contributed by atoms with Gasteiger partial charge in [0, 0.05) is 50.3 Å². The zero-order chi connectivity index (χ0) is 20.9. The topological polar surface area (TPSA) is 103 Å². The fraction of sp³-hybridized carbons (Fsp3) is 0.682. The first kappa shape index (κ1) is 24.6. The number of ether oxygens (including phenoxy) is 1. The van der Waals surface area contributed by atoms with Gasteiger partial charge in [-0.2, -0.15) is 0 Å². The lowest BCUT2D eigenvalue weighted by atomic mass is 9.83. The monoisotopic (exact) mass is 392 g/mol. The van der Waals surface area contributed by atoms with Crippen LogP contribution < -0.4 is 16.4 Å². The predicted octanol–water partition coefficient (Wildman–Crippen LogP) is 2.64. The van der Waals surface area contributed by atoms with Crippen LogP contribution >= 0.6 is 0 Å². The van der Waals surface area contributed by atoms with E-state index in [2.05, 4.69) is 36.6 Å². The van der Waals surface area contributed by atoms with Gasteiger partial charge in [0.05, 0.1) is 6.10 Å². The lowest BCUT2D eigenvalue weighted by Gasteiger charge is -2.27. The first-order valence-corrected chi connectivity index (χ1v) is 10.4. The van der Waals surface area contributed by atoms with E-state index in [1.807, 2.05) is 13.1 Å². The number of aliphatic hydroxyl groups is 1. The lowest BCUT2D eigenvalue weighted by Crippen LogP contribution is -2.42. The number of unbranched alkanes of at least 4 members (excludes halogenated alkanes) is 1. The fourth-order valence-electron chi connectivity index (χ4n) is 3.36. The van der Waals surface area contributed by atoms with Gasteiger partial charge in [-0.3, -0.25) is 0 Å². The number of rotatable bonds is 15. The molecule has 0 saturated carbocycles. The van der Waals surface area contributed by atoms with Crippen molar-refractivity contribution in [1.82, 2.24) is 5.32 Å². The molecule has 6 nitrogen and oxygen atoms in total. The maximum absolute atomic E-state index is 10.2. The summed E-state index contributed by atoms with van der Waals surface area (Å²) in [6, 6.07) is 6.02. The average Bonchev–Trinajstić information content (AvgIpc) is 2.67. The van der Waals surface area contributed by atoms with E-state index in [1.165, 1.54) is 11.8 Å². The highest BCUT2D eigenvalue weighted by Gasteiger charge is 2.22. The molecule has 0 radical (unpaired) electrons. The van der Waals surface area contributed by atoms with E-state index in [9.17, 15) is 5.11 Å². The van der Waals surface area contributed by atoms with Gasteiger partial charge in [0.15, 0.2) is 0 Å². The van der Waals surface area contributed by atoms with Gasteiger partial charge in [-0.1, -0.05) is 26.0 Å². The molecule has 6 N–H and O–H groups in total. The van der Waals surface area contributed by atoms with Crippen LogP contribution in [-0.4, -0.2) is 57.3 Å². The highest BCUT2D eigenvalue weighted by atomic mass is 16.5. The van der Waals surface area contributed by atoms with Crippen LogP contribution in [0, 0.1) is 17.2 Å². The zero-order valence-electron chi connectivity index (χ0n) is 18.0. The number of hydrogen-bond donors (Lipinski definition) is 5. The van der Waals surface area contributed by atoms with E-state index in [-0.39, 0.29) is 6.04 Å². The van der Waals surface area contributed by atoms with Crippen molar-refractivity contribution in [3.8, 4) is 0 Å². The molecule has 0 amide bonds. The molecule has 0 aromatic heterocycles.